The summed E-state index contributed by atoms with van der Waals surface area (Å²) in [5.74, 6) is 1.18. The zero-order valence-corrected chi connectivity index (χ0v) is 39.1. The smallest absolute Gasteiger partial charge is 0.303 e. The molecule has 352 valence electrons. The molecule has 1 aromatic carbocycles. The molecule has 14 heteroatoms. The van der Waals surface area contributed by atoms with Crippen LogP contribution in [0.4, 0.5) is 0 Å². The van der Waals surface area contributed by atoms with Gasteiger partial charge in [-0.15, -0.1) is 0 Å². The number of carbonyl (C=O) groups excluding carboxylic acids is 4. The zero-order valence-electron chi connectivity index (χ0n) is 39.1. The van der Waals surface area contributed by atoms with E-state index in [0.29, 0.717) is 59.0 Å². The van der Waals surface area contributed by atoms with Crippen molar-refractivity contribution in [1.82, 2.24) is 5.32 Å². The minimum Gasteiger partial charge on any atom is -0.493 e. The molecule has 3 saturated carbocycles. The molecule has 6 fully saturated rings. The van der Waals surface area contributed by atoms with Crippen molar-refractivity contribution < 1.29 is 61.8 Å². The summed E-state index contributed by atoms with van der Waals surface area (Å²) >= 11 is 0. The Morgan fingerprint density at radius 2 is 1.67 bits per heavy atom. The van der Waals surface area contributed by atoms with E-state index in [0.717, 1.165) is 45.1 Å². The third-order valence-corrected chi connectivity index (χ3v) is 16.5. The highest BCUT2D eigenvalue weighted by Crippen LogP contribution is 2.70. The number of esters is 3. The van der Waals surface area contributed by atoms with Crippen LogP contribution in [0.1, 0.15) is 112 Å². The number of allylic oxidation sites excluding steroid dienone is 1. The van der Waals surface area contributed by atoms with Gasteiger partial charge >= 0.3 is 17.9 Å². The first-order chi connectivity index (χ1) is 30.5. The van der Waals surface area contributed by atoms with Crippen LogP contribution >= 0.6 is 0 Å². The van der Waals surface area contributed by atoms with Crippen molar-refractivity contribution in [1.29, 1.82) is 0 Å². The van der Waals surface area contributed by atoms with E-state index in [1.807, 2.05) is 0 Å². The summed E-state index contributed by atoms with van der Waals surface area (Å²) in [6.45, 7) is 13.9. The van der Waals surface area contributed by atoms with Gasteiger partial charge in [-0.05, 0) is 104 Å². The Kier molecular flexibility index (Phi) is 13.4. The van der Waals surface area contributed by atoms with Crippen LogP contribution in [-0.2, 0) is 52.3 Å². The van der Waals surface area contributed by atoms with Crippen molar-refractivity contribution in [3.8, 4) is 11.5 Å². The van der Waals surface area contributed by atoms with Crippen LogP contribution in [-0.4, -0.2) is 99.9 Å². The number of hydrogen-bond donors (Lipinski definition) is 1. The Labute approximate surface area is 377 Å². The van der Waals surface area contributed by atoms with Crippen molar-refractivity contribution >= 4 is 29.9 Å². The van der Waals surface area contributed by atoms with E-state index in [4.69, 9.17) is 42.6 Å². The first kappa shape index (κ1) is 46.5. The Hall–Kier alpha value is -3.98. The molecule has 0 unspecified atom stereocenters. The van der Waals surface area contributed by atoms with Crippen LogP contribution in [0.3, 0.4) is 0 Å². The van der Waals surface area contributed by atoms with Gasteiger partial charge in [-0.2, -0.15) is 0 Å². The number of hydrogen-bond acceptors (Lipinski definition) is 13. The molecule has 0 bridgehead atoms. The number of carbonyl (C=O) groups is 4. The summed E-state index contributed by atoms with van der Waals surface area (Å²) in [5, 5.41) is 2.95. The largest absolute Gasteiger partial charge is 0.493 e. The van der Waals surface area contributed by atoms with Crippen molar-refractivity contribution in [2.24, 2.45) is 46.3 Å². The second kappa shape index (κ2) is 18.4. The lowest BCUT2D eigenvalue weighted by Gasteiger charge is -2.58. The first-order valence-electron chi connectivity index (χ1n) is 23.5. The number of benzene rings is 1. The molecule has 3 aliphatic heterocycles. The van der Waals surface area contributed by atoms with E-state index < -0.39 is 60.2 Å². The SMILES string of the molecule is COc1cccc(/C=C/C(=O)N[C@H]2[C@H](O[C@H]3CC[C@@]4(C)C(=CC[C@H]5[C@@H]6C[C@@H]7O[C@]8(CC[C@@H](C)CO8)[C@@H](C)[C@@H]7[C@@]6(C)CC[C@@H]54)C3)O[C@H](COC(C)=O)[C@@H](OC(C)=O)[C@@H]2OC(C)=O)c1OC. The average molecular weight is 892 g/mol. The van der Waals surface area contributed by atoms with Crippen molar-refractivity contribution in [2.75, 3.05) is 27.4 Å². The van der Waals surface area contributed by atoms with Crippen LogP contribution in [0.5, 0.6) is 11.5 Å². The molecule has 3 heterocycles. The fourth-order valence-corrected chi connectivity index (χ4v) is 13.5. The molecule has 1 spiro atoms. The van der Waals surface area contributed by atoms with Crippen LogP contribution in [0.2, 0.25) is 0 Å². The van der Waals surface area contributed by atoms with Gasteiger partial charge in [0.2, 0.25) is 5.91 Å². The van der Waals surface area contributed by atoms with Crippen LogP contribution in [0.15, 0.2) is 35.9 Å². The lowest BCUT2D eigenvalue weighted by molar-refractivity contribution is -0.289. The normalized spacial score (nSPS) is 41.1. The summed E-state index contributed by atoms with van der Waals surface area (Å²) in [5.41, 5.74) is 2.19. The van der Waals surface area contributed by atoms with Crippen molar-refractivity contribution in [3.05, 3.63) is 41.5 Å². The summed E-state index contributed by atoms with van der Waals surface area (Å²) in [7, 11) is 3.04. The number of para-hydroxylation sites is 1. The first-order valence-corrected chi connectivity index (χ1v) is 23.5. The highest BCUT2D eigenvalue weighted by molar-refractivity contribution is 5.92. The zero-order chi connectivity index (χ0) is 45.7. The van der Waals surface area contributed by atoms with Crippen LogP contribution < -0.4 is 14.8 Å². The molecule has 0 radical (unpaired) electrons. The fraction of sp³-hybridized carbons (Fsp3) is 0.720. The number of fused-ring (bicyclic) bond motifs is 7. The summed E-state index contributed by atoms with van der Waals surface area (Å²) in [4.78, 5) is 51.1. The Morgan fingerprint density at radius 3 is 2.36 bits per heavy atom. The summed E-state index contributed by atoms with van der Waals surface area (Å²) in [6, 6.07) is 4.17. The van der Waals surface area contributed by atoms with E-state index >= 15 is 0 Å². The number of rotatable bonds is 11. The van der Waals surface area contributed by atoms with Gasteiger partial charge < -0.3 is 47.9 Å². The predicted molar refractivity (Wildman–Crippen MR) is 233 cm³/mol. The third kappa shape index (κ3) is 8.61. The van der Waals surface area contributed by atoms with Crippen molar-refractivity contribution in [2.45, 2.75) is 155 Å². The summed E-state index contributed by atoms with van der Waals surface area (Å²) in [6.07, 6.45) is 9.49. The number of methoxy groups -OCH3 is 2. The van der Waals surface area contributed by atoms with Crippen LogP contribution in [0.25, 0.3) is 6.08 Å². The molecule has 64 heavy (non-hydrogen) atoms. The standard InChI is InChI=1S/C50H69NO13/c1-27-17-22-50(59-25-27)28(2)42-39(64-50)24-37-35-15-14-33-23-34(18-20-48(33,6)36(35)19-21-49(37,42)7)62-47-43(51-41(55)16-13-32-11-10-12-38(56-8)44(32)57-9)46(61-31(5)54)45(60-30(4)53)40(63-47)26-58-29(3)52/h10-14,16,27-28,34-37,39-40,42-43,45-47H,15,17-26H2,1-9H3,(H,51,55)/b16-13+/t27-,28+,34+,35-,36+,37+,39+,40-,42+,43-,45-,46-,47-,48+,49+,50-/m1/s1. The molecule has 8 rings (SSSR count). The molecule has 4 aliphatic carbocycles. The van der Waals surface area contributed by atoms with Gasteiger partial charge in [-0.25, -0.2) is 0 Å². The number of ether oxygens (including phenoxy) is 9. The van der Waals surface area contributed by atoms with Crippen LogP contribution in [0, 0.1) is 46.3 Å². The minimum atomic E-state index is -1.26. The van der Waals surface area contributed by atoms with Gasteiger partial charge in [-0.3, -0.25) is 19.2 Å². The van der Waals surface area contributed by atoms with Gasteiger partial charge in [0, 0.05) is 44.7 Å². The molecular formula is C50H69NO13. The topological polar surface area (TPSA) is 163 Å². The molecule has 16 atom stereocenters. The minimum absolute atomic E-state index is 0.00367. The van der Waals surface area contributed by atoms with Gasteiger partial charge in [0.05, 0.1) is 33.0 Å². The fourth-order valence-electron chi connectivity index (χ4n) is 13.5. The quantitative estimate of drug-likeness (QED) is 0.104. The van der Waals surface area contributed by atoms with E-state index in [1.165, 1.54) is 59.5 Å². The highest BCUT2D eigenvalue weighted by atomic mass is 16.7. The van der Waals surface area contributed by atoms with Gasteiger partial charge in [0.1, 0.15) is 18.8 Å². The molecule has 0 aromatic heterocycles. The molecule has 1 amide bonds. The second-order valence-electron chi connectivity index (χ2n) is 20.2. The maximum absolute atomic E-state index is 13.8. The van der Waals surface area contributed by atoms with Crippen molar-refractivity contribution in [3.63, 3.8) is 0 Å². The lowest BCUT2D eigenvalue weighted by atomic mass is 9.47. The lowest BCUT2D eigenvalue weighted by Crippen LogP contribution is -2.67. The summed E-state index contributed by atoms with van der Waals surface area (Å²) < 4.78 is 54.9. The maximum Gasteiger partial charge on any atom is 0.303 e. The van der Waals surface area contributed by atoms with Gasteiger partial charge in [0.25, 0.3) is 0 Å². The molecular weight excluding hydrogens is 823 g/mol. The van der Waals surface area contributed by atoms with Gasteiger partial charge in [0.15, 0.2) is 35.8 Å². The average Bonchev–Trinajstić information content (AvgIpc) is 3.70. The second-order valence-corrected chi connectivity index (χ2v) is 20.2. The maximum atomic E-state index is 13.8. The van der Waals surface area contributed by atoms with E-state index in [1.54, 1.807) is 24.3 Å². The molecule has 7 aliphatic rings. The van der Waals surface area contributed by atoms with E-state index in [9.17, 15) is 19.2 Å². The van der Waals surface area contributed by atoms with E-state index in [-0.39, 0.29) is 29.6 Å². The molecule has 14 nitrogen and oxygen atoms in total. The molecule has 3 saturated heterocycles. The Bertz CT molecular complexity index is 1990. The number of nitrogens with one attached hydrogen (secondary N) is 1. The van der Waals surface area contributed by atoms with Gasteiger partial charge in [-0.1, -0.05) is 51.5 Å². The number of amides is 1. The Balaban J connectivity index is 1.02. The van der Waals surface area contributed by atoms with E-state index in [2.05, 4.69) is 39.1 Å². The Morgan fingerprint density at radius 1 is 0.906 bits per heavy atom. The third-order valence-electron chi connectivity index (χ3n) is 16.5. The highest BCUT2D eigenvalue weighted by Gasteiger charge is 2.69. The molecule has 1 N–H and O–H groups in total. The monoisotopic (exact) mass is 891 g/mol. The molecule has 1 aromatic rings. The predicted octanol–water partition coefficient (Wildman–Crippen LogP) is 7.11.